The molecule has 0 radical (unpaired) electrons. The maximum absolute atomic E-state index is 12.7. The van der Waals surface area contributed by atoms with E-state index in [0.29, 0.717) is 22.9 Å². The average Bonchev–Trinajstić information content (AvgIpc) is 3.18. The van der Waals surface area contributed by atoms with E-state index in [-0.39, 0.29) is 5.91 Å². The van der Waals surface area contributed by atoms with E-state index >= 15 is 0 Å². The van der Waals surface area contributed by atoms with Gasteiger partial charge in [-0.1, -0.05) is 23.7 Å². The molecule has 136 valence electrons. The summed E-state index contributed by atoms with van der Waals surface area (Å²) in [6.45, 7) is 2.55. The van der Waals surface area contributed by atoms with Gasteiger partial charge in [0.2, 0.25) is 0 Å². The monoisotopic (exact) mass is 424 g/mol. The van der Waals surface area contributed by atoms with Crippen LogP contribution < -0.4 is 5.32 Å². The van der Waals surface area contributed by atoms with Crippen LogP contribution in [0.2, 0.25) is 5.02 Å². The number of hydrogen-bond acceptors (Lipinski definition) is 6. The lowest BCUT2D eigenvalue weighted by atomic mass is 10.2. The van der Waals surface area contributed by atoms with Gasteiger partial charge in [0.25, 0.3) is 5.91 Å². The number of anilines is 1. The van der Waals surface area contributed by atoms with Crippen molar-refractivity contribution in [3.05, 3.63) is 52.2 Å². The van der Waals surface area contributed by atoms with Gasteiger partial charge in [0.1, 0.15) is 5.03 Å². The van der Waals surface area contributed by atoms with Crippen molar-refractivity contribution in [2.24, 2.45) is 0 Å². The van der Waals surface area contributed by atoms with Crippen molar-refractivity contribution in [2.45, 2.75) is 22.7 Å². The number of nitrogens with zero attached hydrogens (tertiary/aromatic N) is 3. The minimum absolute atomic E-state index is 0.181. The van der Waals surface area contributed by atoms with E-state index in [9.17, 15) is 4.79 Å². The molecule has 0 saturated heterocycles. The molecule has 3 aromatic rings. The highest BCUT2D eigenvalue weighted by Crippen LogP contribution is 2.33. The molecular formula is C17H17ClN4OS3. The Morgan fingerprint density at radius 3 is 2.81 bits per heavy atom. The number of halogens is 1. The van der Waals surface area contributed by atoms with Crippen LogP contribution in [0.15, 0.2) is 39.6 Å². The second-order valence-electron chi connectivity index (χ2n) is 5.47. The largest absolute Gasteiger partial charge is 0.305 e. The van der Waals surface area contributed by atoms with Crippen molar-refractivity contribution >= 4 is 58.4 Å². The Hall–Kier alpha value is -1.48. The first kappa shape index (κ1) is 19.3. The van der Waals surface area contributed by atoms with Crippen LogP contribution in [0.4, 0.5) is 5.82 Å². The molecule has 1 aromatic carbocycles. The summed E-state index contributed by atoms with van der Waals surface area (Å²) >= 11 is 10.4. The second kappa shape index (κ2) is 8.47. The zero-order valence-corrected chi connectivity index (χ0v) is 17.7. The molecule has 0 atom stereocenters. The van der Waals surface area contributed by atoms with Crippen LogP contribution in [0, 0.1) is 6.92 Å². The normalized spacial score (nSPS) is 10.9. The van der Waals surface area contributed by atoms with E-state index in [1.807, 2.05) is 54.4 Å². The van der Waals surface area contributed by atoms with Gasteiger partial charge in [0.05, 0.1) is 16.3 Å². The fourth-order valence-electron chi connectivity index (χ4n) is 2.45. The molecule has 0 bridgehead atoms. The first-order valence-electron chi connectivity index (χ1n) is 7.69. The summed E-state index contributed by atoms with van der Waals surface area (Å²) in [5.74, 6) is 0.347. The van der Waals surface area contributed by atoms with E-state index < -0.39 is 0 Å². The minimum atomic E-state index is -0.181. The van der Waals surface area contributed by atoms with Crippen molar-refractivity contribution in [3.63, 3.8) is 0 Å². The SMILES string of the molecule is CSc1nsc(SC)c1C(=O)Nc1cc(C)n(Cc2cccc(Cl)c2)n1. The number of aryl methyl sites for hydroxylation is 1. The molecule has 2 aromatic heterocycles. The molecular weight excluding hydrogens is 408 g/mol. The van der Waals surface area contributed by atoms with E-state index in [1.54, 1.807) is 0 Å². The van der Waals surface area contributed by atoms with Crippen LogP contribution in [0.3, 0.4) is 0 Å². The fraction of sp³-hybridized carbons (Fsp3) is 0.235. The van der Waals surface area contributed by atoms with Gasteiger partial charge in [-0.15, -0.1) is 23.5 Å². The van der Waals surface area contributed by atoms with Crippen LogP contribution in [-0.4, -0.2) is 32.6 Å². The van der Waals surface area contributed by atoms with Crippen LogP contribution in [0.5, 0.6) is 0 Å². The summed E-state index contributed by atoms with van der Waals surface area (Å²) in [7, 11) is 0. The molecule has 0 fully saturated rings. The van der Waals surface area contributed by atoms with Gasteiger partial charge in [-0.3, -0.25) is 9.48 Å². The number of amides is 1. The zero-order valence-electron chi connectivity index (χ0n) is 14.4. The lowest BCUT2D eigenvalue weighted by Crippen LogP contribution is -2.14. The number of thioether (sulfide) groups is 2. The molecule has 0 spiro atoms. The molecule has 2 heterocycles. The fourth-order valence-corrected chi connectivity index (χ4v) is 4.94. The zero-order chi connectivity index (χ0) is 18.7. The molecule has 1 N–H and O–H groups in total. The number of hydrogen-bond donors (Lipinski definition) is 1. The van der Waals surface area contributed by atoms with Gasteiger partial charge < -0.3 is 5.32 Å². The number of benzene rings is 1. The third kappa shape index (κ3) is 4.25. The maximum Gasteiger partial charge on any atom is 0.261 e. The van der Waals surface area contributed by atoms with Gasteiger partial charge in [-0.05, 0) is 48.7 Å². The Labute approximate surface area is 169 Å². The van der Waals surface area contributed by atoms with Crippen LogP contribution >= 0.6 is 46.7 Å². The van der Waals surface area contributed by atoms with Crippen LogP contribution in [0.25, 0.3) is 0 Å². The quantitative estimate of drug-likeness (QED) is 0.561. The lowest BCUT2D eigenvalue weighted by Gasteiger charge is -2.05. The second-order valence-corrected chi connectivity index (χ2v) is 8.55. The van der Waals surface area contributed by atoms with E-state index in [4.69, 9.17) is 11.6 Å². The van der Waals surface area contributed by atoms with Gasteiger partial charge in [-0.25, -0.2) is 0 Å². The van der Waals surface area contributed by atoms with Gasteiger partial charge >= 0.3 is 0 Å². The smallest absolute Gasteiger partial charge is 0.261 e. The summed E-state index contributed by atoms with van der Waals surface area (Å²) in [4.78, 5) is 12.7. The van der Waals surface area contributed by atoms with Crippen molar-refractivity contribution in [1.29, 1.82) is 0 Å². The molecule has 26 heavy (non-hydrogen) atoms. The summed E-state index contributed by atoms with van der Waals surface area (Å²) in [5.41, 5.74) is 2.63. The molecule has 9 heteroatoms. The van der Waals surface area contributed by atoms with Gasteiger partial charge in [0.15, 0.2) is 5.82 Å². The Morgan fingerprint density at radius 1 is 1.31 bits per heavy atom. The molecule has 0 aliphatic carbocycles. The van der Waals surface area contributed by atoms with Crippen molar-refractivity contribution in [2.75, 3.05) is 17.8 Å². The molecule has 0 saturated carbocycles. The van der Waals surface area contributed by atoms with Gasteiger partial charge in [0, 0.05) is 16.8 Å². The van der Waals surface area contributed by atoms with Crippen molar-refractivity contribution < 1.29 is 4.79 Å². The number of carbonyl (C=O) groups is 1. The standard InChI is InChI=1S/C17H17ClN4OS3/c1-10-7-13(20-22(10)9-11-5-4-6-12(18)8-11)19-15(23)14-16(24-2)21-26-17(14)25-3/h4-8H,9H2,1-3H3,(H,19,20,23). The first-order valence-corrected chi connectivity index (χ1v) is 11.3. The first-order chi connectivity index (χ1) is 12.5. The molecule has 1 amide bonds. The average molecular weight is 425 g/mol. The predicted octanol–water partition coefficient (Wildman–Crippen LogP) is 5.05. The minimum Gasteiger partial charge on any atom is -0.305 e. The van der Waals surface area contributed by atoms with E-state index in [1.165, 1.54) is 35.1 Å². The Bertz CT molecular complexity index is 916. The third-order valence-electron chi connectivity index (χ3n) is 3.68. The highest BCUT2D eigenvalue weighted by molar-refractivity contribution is 8.01. The topological polar surface area (TPSA) is 59.8 Å². The molecule has 0 aliphatic heterocycles. The summed E-state index contributed by atoms with van der Waals surface area (Å²) < 4.78 is 7.09. The third-order valence-corrected chi connectivity index (χ3v) is 6.65. The Kier molecular flexibility index (Phi) is 6.29. The maximum atomic E-state index is 12.7. The molecule has 0 aliphatic rings. The number of carbonyl (C=O) groups excluding carboxylic acids is 1. The van der Waals surface area contributed by atoms with E-state index in [0.717, 1.165) is 20.5 Å². The highest BCUT2D eigenvalue weighted by atomic mass is 35.5. The molecule has 0 unspecified atom stereocenters. The summed E-state index contributed by atoms with van der Waals surface area (Å²) in [6.07, 6.45) is 3.86. The molecule has 3 rings (SSSR count). The molecule has 5 nitrogen and oxygen atoms in total. The number of rotatable bonds is 6. The van der Waals surface area contributed by atoms with E-state index in [2.05, 4.69) is 14.8 Å². The highest BCUT2D eigenvalue weighted by Gasteiger charge is 2.21. The van der Waals surface area contributed by atoms with Crippen LogP contribution in [-0.2, 0) is 6.54 Å². The van der Waals surface area contributed by atoms with Gasteiger partial charge in [-0.2, -0.15) is 9.47 Å². The number of nitrogens with one attached hydrogen (secondary N) is 1. The summed E-state index contributed by atoms with van der Waals surface area (Å²) in [6, 6.07) is 9.52. The predicted molar refractivity (Wildman–Crippen MR) is 111 cm³/mol. The number of aromatic nitrogens is 3. The lowest BCUT2D eigenvalue weighted by molar-refractivity contribution is 0.102. The summed E-state index contributed by atoms with van der Waals surface area (Å²) in [5, 5.41) is 8.84. The van der Waals surface area contributed by atoms with Crippen molar-refractivity contribution in [3.8, 4) is 0 Å². The Balaban J connectivity index is 1.79. The Morgan fingerprint density at radius 2 is 2.12 bits per heavy atom. The van der Waals surface area contributed by atoms with Crippen LogP contribution in [0.1, 0.15) is 21.6 Å². The van der Waals surface area contributed by atoms with Crippen molar-refractivity contribution in [1.82, 2.24) is 14.2 Å².